The molecule has 0 aliphatic rings. The average Bonchev–Trinajstić information content (AvgIpc) is 2.34. The normalized spacial score (nSPS) is 8.06. The molecule has 0 aromatic heterocycles. The molecule has 0 saturated carbocycles. The molecule has 18 heavy (non-hydrogen) atoms. The smallest absolute Gasteiger partial charge is 0.304 e. The minimum Gasteiger partial charge on any atom is -0.481 e. The molecular weight excluding hydrogens is 224 g/mol. The number of rotatable bonds is 5. The second-order valence-corrected chi connectivity index (χ2v) is 3.77. The van der Waals surface area contributed by atoms with Gasteiger partial charge in [0.15, 0.2) is 0 Å². The fourth-order valence-corrected chi connectivity index (χ4v) is 1.15. The standard InChI is InChI=1S/C16H20O2/c1-2-3-4-5-6-7-8-9-10-11-12-13-14-15-16(17)18/h2-5,8,11,14-15H2,1H3,(H,17,18). The Morgan fingerprint density at radius 3 is 2.00 bits per heavy atom. The third kappa shape index (κ3) is 14.1. The predicted molar refractivity (Wildman–Crippen MR) is 73.6 cm³/mol. The van der Waals surface area contributed by atoms with Crippen LogP contribution in [0.1, 0.15) is 58.3 Å². The number of carbonyl (C=O) groups is 1. The van der Waals surface area contributed by atoms with Crippen LogP contribution in [0.25, 0.3) is 0 Å². The van der Waals surface area contributed by atoms with E-state index in [-0.39, 0.29) is 6.42 Å². The van der Waals surface area contributed by atoms with Gasteiger partial charge in [-0.2, -0.15) is 0 Å². The van der Waals surface area contributed by atoms with E-state index in [0.29, 0.717) is 19.3 Å². The highest BCUT2D eigenvalue weighted by Gasteiger charge is 1.90. The van der Waals surface area contributed by atoms with Crippen LogP contribution >= 0.6 is 0 Å². The molecule has 0 heterocycles. The van der Waals surface area contributed by atoms with Gasteiger partial charge in [-0.25, -0.2) is 0 Å². The first kappa shape index (κ1) is 16.1. The van der Waals surface area contributed by atoms with Gasteiger partial charge in [-0.05, 0) is 6.42 Å². The van der Waals surface area contributed by atoms with Crippen molar-refractivity contribution in [3.05, 3.63) is 0 Å². The molecule has 0 unspecified atom stereocenters. The van der Waals surface area contributed by atoms with Crippen molar-refractivity contribution >= 4 is 5.97 Å². The maximum atomic E-state index is 10.2. The summed E-state index contributed by atoms with van der Waals surface area (Å²) in [5, 5.41) is 8.38. The van der Waals surface area contributed by atoms with Crippen molar-refractivity contribution in [3.8, 4) is 35.5 Å². The first-order valence-corrected chi connectivity index (χ1v) is 6.36. The minimum absolute atomic E-state index is 0.101. The summed E-state index contributed by atoms with van der Waals surface area (Å²) in [4.78, 5) is 10.2. The number of unbranched alkanes of at least 4 members (excludes halogenated alkanes) is 3. The first-order valence-electron chi connectivity index (χ1n) is 6.36. The zero-order valence-corrected chi connectivity index (χ0v) is 11.0. The lowest BCUT2D eigenvalue weighted by Gasteiger charge is -1.87. The maximum Gasteiger partial charge on any atom is 0.304 e. The molecule has 0 bridgehead atoms. The summed E-state index contributed by atoms with van der Waals surface area (Å²) in [5.74, 6) is 16.7. The third-order valence-electron chi connectivity index (χ3n) is 2.10. The summed E-state index contributed by atoms with van der Waals surface area (Å²) < 4.78 is 0. The molecule has 96 valence electrons. The van der Waals surface area contributed by atoms with E-state index in [1.54, 1.807) is 0 Å². The summed E-state index contributed by atoms with van der Waals surface area (Å²) >= 11 is 0. The van der Waals surface area contributed by atoms with E-state index in [1.165, 1.54) is 19.3 Å². The molecule has 2 nitrogen and oxygen atoms in total. The molecule has 0 spiro atoms. The Labute approximate surface area is 110 Å². The van der Waals surface area contributed by atoms with Gasteiger partial charge in [0.05, 0.1) is 19.3 Å². The van der Waals surface area contributed by atoms with E-state index in [0.717, 1.165) is 6.42 Å². The number of carboxylic acids is 1. The third-order valence-corrected chi connectivity index (χ3v) is 2.10. The van der Waals surface area contributed by atoms with Crippen LogP contribution < -0.4 is 0 Å². The molecule has 0 aliphatic heterocycles. The summed E-state index contributed by atoms with van der Waals surface area (Å²) in [5.41, 5.74) is 0. The topological polar surface area (TPSA) is 37.3 Å². The molecule has 0 aromatic rings. The fraction of sp³-hybridized carbons (Fsp3) is 0.562. The van der Waals surface area contributed by atoms with Crippen molar-refractivity contribution < 1.29 is 9.90 Å². The molecule has 0 saturated heterocycles. The number of carboxylic acid groups (broad SMARTS) is 1. The maximum absolute atomic E-state index is 10.2. The molecule has 2 heteroatoms. The highest BCUT2D eigenvalue weighted by Crippen LogP contribution is 1.96. The van der Waals surface area contributed by atoms with Gasteiger partial charge >= 0.3 is 5.97 Å². The van der Waals surface area contributed by atoms with E-state index < -0.39 is 5.97 Å². The van der Waals surface area contributed by atoms with Gasteiger partial charge in [0.2, 0.25) is 0 Å². The van der Waals surface area contributed by atoms with Crippen LogP contribution in [-0.4, -0.2) is 11.1 Å². The highest BCUT2D eigenvalue weighted by molar-refractivity contribution is 5.67. The van der Waals surface area contributed by atoms with Crippen LogP contribution in [0.4, 0.5) is 0 Å². The van der Waals surface area contributed by atoms with Gasteiger partial charge in [0, 0.05) is 12.8 Å². The zero-order chi connectivity index (χ0) is 13.5. The molecule has 0 radical (unpaired) electrons. The summed E-state index contributed by atoms with van der Waals surface area (Å²) in [6.07, 6.45) is 6.20. The molecule has 0 atom stereocenters. The lowest BCUT2D eigenvalue weighted by molar-refractivity contribution is -0.136. The average molecular weight is 244 g/mol. The molecule has 0 rings (SSSR count). The Bertz CT molecular complexity index is 402. The van der Waals surface area contributed by atoms with Gasteiger partial charge in [0.25, 0.3) is 0 Å². The lowest BCUT2D eigenvalue weighted by atomic mass is 10.2. The van der Waals surface area contributed by atoms with Crippen LogP contribution in [0.3, 0.4) is 0 Å². The quantitative estimate of drug-likeness (QED) is 0.595. The van der Waals surface area contributed by atoms with Crippen LogP contribution in [0.5, 0.6) is 0 Å². The SMILES string of the molecule is CCCCCC#CCC#CCC#CCCC(=O)O. The van der Waals surface area contributed by atoms with Crippen LogP contribution in [0.2, 0.25) is 0 Å². The second-order valence-electron chi connectivity index (χ2n) is 3.77. The van der Waals surface area contributed by atoms with Gasteiger partial charge in [-0.1, -0.05) is 43.4 Å². The van der Waals surface area contributed by atoms with Crippen molar-refractivity contribution in [2.45, 2.75) is 58.3 Å². The second kappa shape index (κ2) is 13.2. The molecule has 0 aliphatic carbocycles. The largest absolute Gasteiger partial charge is 0.481 e. The van der Waals surface area contributed by atoms with Crippen molar-refractivity contribution in [1.29, 1.82) is 0 Å². The van der Waals surface area contributed by atoms with E-state index in [9.17, 15) is 4.79 Å². The van der Waals surface area contributed by atoms with Crippen LogP contribution in [-0.2, 0) is 4.79 Å². The predicted octanol–water partition coefficient (Wildman–Crippen LogP) is 3.22. The van der Waals surface area contributed by atoms with E-state index in [2.05, 4.69) is 42.4 Å². The Morgan fingerprint density at radius 1 is 0.889 bits per heavy atom. The van der Waals surface area contributed by atoms with E-state index in [4.69, 9.17) is 5.11 Å². The van der Waals surface area contributed by atoms with Gasteiger partial charge in [-0.15, -0.1) is 11.8 Å². The lowest BCUT2D eigenvalue weighted by Crippen LogP contribution is -1.91. The monoisotopic (exact) mass is 244 g/mol. The molecule has 0 aromatic carbocycles. The van der Waals surface area contributed by atoms with Gasteiger partial charge in [0.1, 0.15) is 0 Å². The Morgan fingerprint density at radius 2 is 1.44 bits per heavy atom. The number of hydrogen-bond acceptors (Lipinski definition) is 1. The highest BCUT2D eigenvalue weighted by atomic mass is 16.4. The molecular formula is C16H20O2. The van der Waals surface area contributed by atoms with Gasteiger partial charge in [-0.3, -0.25) is 4.79 Å². The van der Waals surface area contributed by atoms with Crippen molar-refractivity contribution in [1.82, 2.24) is 0 Å². The summed E-state index contributed by atoms with van der Waals surface area (Å²) in [6.45, 7) is 2.18. The van der Waals surface area contributed by atoms with Crippen LogP contribution in [0, 0.1) is 35.5 Å². The Balaban J connectivity index is 3.51. The molecule has 0 fully saturated rings. The Kier molecular flexibility index (Phi) is 11.9. The van der Waals surface area contributed by atoms with Crippen molar-refractivity contribution in [2.24, 2.45) is 0 Å². The van der Waals surface area contributed by atoms with Gasteiger partial charge < -0.3 is 5.11 Å². The number of aliphatic carboxylic acids is 1. The number of hydrogen-bond donors (Lipinski definition) is 1. The fourth-order valence-electron chi connectivity index (χ4n) is 1.15. The first-order chi connectivity index (χ1) is 8.77. The van der Waals surface area contributed by atoms with Crippen molar-refractivity contribution in [3.63, 3.8) is 0 Å². The van der Waals surface area contributed by atoms with E-state index >= 15 is 0 Å². The zero-order valence-electron chi connectivity index (χ0n) is 11.0. The summed E-state index contributed by atoms with van der Waals surface area (Å²) in [7, 11) is 0. The minimum atomic E-state index is -0.811. The summed E-state index contributed by atoms with van der Waals surface area (Å²) in [6, 6.07) is 0. The van der Waals surface area contributed by atoms with Crippen molar-refractivity contribution in [2.75, 3.05) is 0 Å². The molecule has 0 amide bonds. The van der Waals surface area contributed by atoms with E-state index in [1.807, 2.05) is 0 Å². The van der Waals surface area contributed by atoms with Crippen LogP contribution in [0.15, 0.2) is 0 Å². The Hall–Kier alpha value is -1.85. The molecule has 1 N–H and O–H groups in total.